The van der Waals surface area contributed by atoms with Crippen molar-refractivity contribution in [2.24, 2.45) is 0 Å². The molecule has 0 atom stereocenters. The summed E-state index contributed by atoms with van der Waals surface area (Å²) >= 11 is 0. The van der Waals surface area contributed by atoms with Gasteiger partial charge in [-0.3, -0.25) is 0 Å². The summed E-state index contributed by atoms with van der Waals surface area (Å²) in [6, 6.07) is 64.0. The van der Waals surface area contributed by atoms with E-state index in [1.807, 2.05) is 0 Å². The second kappa shape index (κ2) is 9.56. The van der Waals surface area contributed by atoms with Crippen LogP contribution in [0.1, 0.15) is 0 Å². The summed E-state index contributed by atoms with van der Waals surface area (Å²) in [6.45, 7) is 0. The molecule has 0 nitrogen and oxygen atoms in total. The zero-order chi connectivity index (χ0) is 32.5. The fourth-order valence-corrected chi connectivity index (χ4v) is 9.36. The smallest absolute Gasteiger partial charge is 0.00141 e. The van der Waals surface area contributed by atoms with Crippen molar-refractivity contribution in [1.29, 1.82) is 0 Å². The van der Waals surface area contributed by atoms with Crippen LogP contribution in [0.3, 0.4) is 0 Å². The van der Waals surface area contributed by atoms with Gasteiger partial charge in [0.25, 0.3) is 0 Å². The normalized spacial score (nSPS) is 12.4. The van der Waals surface area contributed by atoms with Crippen LogP contribution >= 0.6 is 0 Å². The van der Waals surface area contributed by atoms with E-state index >= 15 is 0 Å². The van der Waals surface area contributed by atoms with Crippen molar-refractivity contribution in [2.45, 2.75) is 0 Å². The second-order valence-electron chi connectivity index (χ2n) is 14.0. The Morgan fingerprint density at radius 3 is 1.18 bits per heavy atom. The van der Waals surface area contributed by atoms with E-state index in [9.17, 15) is 0 Å². The number of rotatable bonds is 2. The Bertz CT molecular complexity index is 3330. The van der Waals surface area contributed by atoms with Crippen molar-refractivity contribution >= 4 is 97.0 Å². The monoisotopic (exact) mass is 628 g/mol. The molecule has 50 heavy (non-hydrogen) atoms. The van der Waals surface area contributed by atoms with Gasteiger partial charge in [0.05, 0.1) is 0 Å². The topological polar surface area (TPSA) is 0 Å². The first-order valence-electron chi connectivity index (χ1n) is 17.5. The Kier molecular flexibility index (Phi) is 5.06. The van der Waals surface area contributed by atoms with E-state index in [0.29, 0.717) is 0 Å². The van der Waals surface area contributed by atoms with Gasteiger partial charge in [0.1, 0.15) is 0 Å². The standard InChI is InChI=1S/C50H28/c1-6-31-20-23-35-24-26-37(43-27-25-32(7-1)45(31)46(35)43)29-16-18-30(19-17-29)44-28-36-10-4-13-39-38-11-2-8-33-21-22-34-9-3-12-40(48(34)47(33)38)41-14-5-15-42(44)50(41)49(36)39/h1-28H. The van der Waals surface area contributed by atoms with Gasteiger partial charge in [-0.1, -0.05) is 164 Å². The summed E-state index contributed by atoms with van der Waals surface area (Å²) in [6.07, 6.45) is 0. The fraction of sp³-hybridized carbons (Fsp3) is 0. The van der Waals surface area contributed by atoms with E-state index in [4.69, 9.17) is 0 Å². The molecule has 0 aliphatic carbocycles. The Morgan fingerprint density at radius 2 is 0.560 bits per heavy atom. The molecule has 0 aromatic heterocycles. The van der Waals surface area contributed by atoms with E-state index in [1.165, 1.54) is 119 Å². The summed E-state index contributed by atoms with van der Waals surface area (Å²) in [7, 11) is 0. The van der Waals surface area contributed by atoms with Crippen LogP contribution in [-0.2, 0) is 0 Å². The van der Waals surface area contributed by atoms with Gasteiger partial charge in [0.15, 0.2) is 0 Å². The quantitative estimate of drug-likeness (QED) is 0.167. The minimum absolute atomic E-state index is 1.23. The average Bonchev–Trinajstić information content (AvgIpc) is 3.18. The van der Waals surface area contributed by atoms with Gasteiger partial charge in [-0.25, -0.2) is 0 Å². The zero-order valence-corrected chi connectivity index (χ0v) is 27.2. The summed E-state index contributed by atoms with van der Waals surface area (Å²) in [5.41, 5.74) is 5.03. The lowest BCUT2D eigenvalue weighted by molar-refractivity contribution is 1.64. The Labute approximate surface area is 288 Å². The van der Waals surface area contributed by atoms with Crippen LogP contribution in [0.25, 0.3) is 119 Å². The van der Waals surface area contributed by atoms with E-state index < -0.39 is 0 Å². The molecule has 0 unspecified atom stereocenters. The van der Waals surface area contributed by atoms with Gasteiger partial charge >= 0.3 is 0 Å². The van der Waals surface area contributed by atoms with Crippen molar-refractivity contribution in [1.82, 2.24) is 0 Å². The lowest BCUT2D eigenvalue weighted by atomic mass is 9.85. The molecule has 0 heterocycles. The summed E-state index contributed by atoms with van der Waals surface area (Å²) in [5, 5.41) is 23.7. The van der Waals surface area contributed by atoms with Gasteiger partial charge < -0.3 is 0 Å². The summed E-state index contributed by atoms with van der Waals surface area (Å²) in [5.74, 6) is 0. The average molecular weight is 629 g/mol. The van der Waals surface area contributed by atoms with Gasteiger partial charge in [0.2, 0.25) is 0 Å². The molecule has 12 rings (SSSR count). The van der Waals surface area contributed by atoms with Crippen molar-refractivity contribution in [3.8, 4) is 22.3 Å². The van der Waals surface area contributed by atoms with Crippen LogP contribution in [0.2, 0.25) is 0 Å². The molecule has 0 aliphatic heterocycles. The molecule has 0 amide bonds. The highest BCUT2D eigenvalue weighted by molar-refractivity contribution is 6.38. The molecule has 0 saturated heterocycles. The maximum Gasteiger partial charge on any atom is -0.00141 e. The molecule has 0 spiro atoms. The second-order valence-corrected chi connectivity index (χ2v) is 14.0. The zero-order valence-electron chi connectivity index (χ0n) is 27.2. The van der Waals surface area contributed by atoms with Crippen molar-refractivity contribution in [3.05, 3.63) is 170 Å². The fourth-order valence-electron chi connectivity index (χ4n) is 9.36. The van der Waals surface area contributed by atoms with Crippen LogP contribution in [-0.4, -0.2) is 0 Å². The van der Waals surface area contributed by atoms with E-state index in [0.717, 1.165) is 0 Å². The first-order valence-corrected chi connectivity index (χ1v) is 17.5. The first kappa shape index (κ1) is 26.5. The highest BCUT2D eigenvalue weighted by Crippen LogP contribution is 2.46. The molecule has 0 N–H and O–H groups in total. The lowest BCUT2D eigenvalue weighted by Crippen LogP contribution is -1.90. The minimum Gasteiger partial charge on any atom is -0.0610 e. The van der Waals surface area contributed by atoms with Crippen LogP contribution in [0, 0.1) is 0 Å². The summed E-state index contributed by atoms with van der Waals surface area (Å²) in [4.78, 5) is 0. The SMILES string of the molecule is c1cc2ccc3ccc(-c4ccc(-c5cc6cccc7c8cccc9ccc%10cccc(c%11cccc5c%11c67)c%10c98)cc4)c4ccc(c1)c2c34. The van der Waals surface area contributed by atoms with Gasteiger partial charge in [-0.05, 0) is 125 Å². The molecule has 0 saturated carbocycles. The molecular formula is C50H28. The van der Waals surface area contributed by atoms with Crippen molar-refractivity contribution < 1.29 is 0 Å². The Morgan fingerprint density at radius 1 is 0.200 bits per heavy atom. The maximum atomic E-state index is 2.42. The molecule has 0 heteroatoms. The first-order chi connectivity index (χ1) is 24.8. The van der Waals surface area contributed by atoms with E-state index in [1.54, 1.807) is 0 Å². The Balaban J connectivity index is 1.14. The molecule has 228 valence electrons. The predicted molar refractivity (Wildman–Crippen MR) is 217 cm³/mol. The molecule has 12 aromatic rings. The minimum atomic E-state index is 1.23. The molecular weight excluding hydrogens is 601 g/mol. The summed E-state index contributed by atoms with van der Waals surface area (Å²) < 4.78 is 0. The van der Waals surface area contributed by atoms with Crippen LogP contribution in [0.5, 0.6) is 0 Å². The molecule has 0 bridgehead atoms. The molecule has 12 aromatic carbocycles. The Hall–Kier alpha value is -6.50. The number of hydrogen-bond acceptors (Lipinski definition) is 0. The third-order valence-corrected chi connectivity index (χ3v) is 11.5. The number of hydrogen-bond donors (Lipinski definition) is 0. The maximum absolute atomic E-state index is 2.42. The number of fused-ring (bicyclic) bond motifs is 2. The lowest BCUT2D eigenvalue weighted by Gasteiger charge is -2.18. The van der Waals surface area contributed by atoms with Gasteiger partial charge in [0, 0.05) is 0 Å². The van der Waals surface area contributed by atoms with Crippen LogP contribution < -0.4 is 0 Å². The predicted octanol–water partition coefficient (Wildman–Crippen LogP) is 14.3. The molecule has 0 radical (unpaired) electrons. The van der Waals surface area contributed by atoms with Gasteiger partial charge in [-0.15, -0.1) is 0 Å². The highest BCUT2D eigenvalue weighted by atomic mass is 14.2. The third-order valence-electron chi connectivity index (χ3n) is 11.5. The van der Waals surface area contributed by atoms with E-state index in [2.05, 4.69) is 170 Å². The highest BCUT2D eigenvalue weighted by Gasteiger charge is 2.18. The molecule has 0 aliphatic rings. The van der Waals surface area contributed by atoms with Crippen LogP contribution in [0.15, 0.2) is 170 Å². The molecule has 0 fully saturated rings. The largest absolute Gasteiger partial charge is 0.0610 e. The van der Waals surface area contributed by atoms with Crippen molar-refractivity contribution in [3.63, 3.8) is 0 Å². The van der Waals surface area contributed by atoms with Gasteiger partial charge in [-0.2, -0.15) is 0 Å². The third kappa shape index (κ3) is 3.40. The van der Waals surface area contributed by atoms with Crippen LogP contribution in [0.4, 0.5) is 0 Å². The van der Waals surface area contributed by atoms with Crippen molar-refractivity contribution in [2.75, 3.05) is 0 Å². The number of benzene rings is 11. The van der Waals surface area contributed by atoms with E-state index in [-0.39, 0.29) is 0 Å².